The molecule has 3 heterocycles. The Morgan fingerprint density at radius 2 is 1.91 bits per heavy atom. The zero-order chi connectivity index (χ0) is 22.2. The number of aryl methyl sites for hydroxylation is 2. The molecule has 0 unspecified atom stereocenters. The van der Waals surface area contributed by atoms with E-state index < -0.39 is 5.56 Å². The molecule has 0 aliphatic heterocycles. The Morgan fingerprint density at radius 3 is 2.72 bits per heavy atom. The summed E-state index contributed by atoms with van der Waals surface area (Å²) in [6.07, 6.45) is 2.13. The largest absolute Gasteiger partial charge is 0.448 e. The van der Waals surface area contributed by atoms with Crippen LogP contribution in [0.1, 0.15) is 21.7 Å². The van der Waals surface area contributed by atoms with Crippen molar-refractivity contribution in [2.45, 2.75) is 26.8 Å². The minimum atomic E-state index is -0.392. The van der Waals surface area contributed by atoms with Crippen LogP contribution < -0.4 is 10.9 Å². The fraction of sp³-hybridized carbons (Fsp3) is 0.167. The molecule has 0 radical (unpaired) electrons. The third kappa shape index (κ3) is 3.80. The molecule has 5 aromatic rings. The van der Waals surface area contributed by atoms with Crippen molar-refractivity contribution in [2.24, 2.45) is 0 Å². The van der Waals surface area contributed by atoms with Gasteiger partial charge in [-0.1, -0.05) is 42.0 Å². The average molecular weight is 445 g/mol. The maximum Gasteiger partial charge on any atom is 0.297 e. The summed E-state index contributed by atoms with van der Waals surface area (Å²) < 4.78 is 6.91. The molecule has 1 amide bonds. The fourth-order valence-electron chi connectivity index (χ4n) is 3.58. The summed E-state index contributed by atoms with van der Waals surface area (Å²) >= 11 is 1.44. The second-order valence-electron chi connectivity index (χ2n) is 7.69. The summed E-state index contributed by atoms with van der Waals surface area (Å²) in [7, 11) is 0. The number of nitrogens with zero attached hydrogens (tertiary/aromatic N) is 3. The van der Waals surface area contributed by atoms with Gasteiger partial charge in [0.15, 0.2) is 5.13 Å². The van der Waals surface area contributed by atoms with E-state index in [0.717, 1.165) is 22.4 Å². The molecule has 7 nitrogen and oxygen atoms in total. The van der Waals surface area contributed by atoms with E-state index in [2.05, 4.69) is 46.5 Å². The molecule has 3 aromatic heterocycles. The third-order valence-corrected chi connectivity index (χ3v) is 6.36. The molecule has 32 heavy (non-hydrogen) atoms. The summed E-state index contributed by atoms with van der Waals surface area (Å²) in [6, 6.07) is 15.7. The predicted octanol–water partition coefficient (Wildman–Crippen LogP) is 4.45. The van der Waals surface area contributed by atoms with E-state index >= 15 is 0 Å². The number of hydrogen-bond donors (Lipinski definition) is 1. The van der Waals surface area contributed by atoms with Gasteiger partial charge in [0.2, 0.25) is 11.5 Å². The minimum absolute atomic E-state index is 0.145. The Kier molecular flexibility index (Phi) is 5.07. The highest BCUT2D eigenvalue weighted by Gasteiger charge is 2.16. The van der Waals surface area contributed by atoms with Crippen molar-refractivity contribution < 1.29 is 9.21 Å². The van der Waals surface area contributed by atoms with E-state index in [4.69, 9.17) is 4.42 Å². The van der Waals surface area contributed by atoms with Crippen molar-refractivity contribution in [1.82, 2.24) is 14.5 Å². The Balaban J connectivity index is 1.33. The van der Waals surface area contributed by atoms with Crippen LogP contribution in [0, 0.1) is 13.8 Å². The van der Waals surface area contributed by atoms with Gasteiger partial charge in [-0.25, -0.2) is 9.97 Å². The van der Waals surface area contributed by atoms with Crippen molar-refractivity contribution in [1.29, 1.82) is 0 Å². The van der Waals surface area contributed by atoms with E-state index in [0.29, 0.717) is 16.2 Å². The number of rotatable bonds is 5. The first-order chi connectivity index (χ1) is 15.5. The first-order valence-corrected chi connectivity index (χ1v) is 11.0. The van der Waals surface area contributed by atoms with Gasteiger partial charge in [0.05, 0.1) is 12.0 Å². The number of carbonyl (C=O) groups is 1. The maximum absolute atomic E-state index is 12.8. The fourth-order valence-corrected chi connectivity index (χ4v) is 4.59. The van der Waals surface area contributed by atoms with Crippen LogP contribution >= 0.6 is 11.3 Å². The normalized spacial score (nSPS) is 11.3. The van der Waals surface area contributed by atoms with Crippen molar-refractivity contribution in [3.05, 3.63) is 86.9 Å². The number of carbonyl (C=O) groups excluding carboxylic acids is 1. The third-order valence-electron chi connectivity index (χ3n) is 5.29. The topological polar surface area (TPSA) is 90.0 Å². The van der Waals surface area contributed by atoms with Crippen LogP contribution in [0.25, 0.3) is 22.1 Å². The monoisotopic (exact) mass is 444 g/mol. The van der Waals surface area contributed by atoms with E-state index in [1.54, 1.807) is 6.07 Å². The van der Waals surface area contributed by atoms with Gasteiger partial charge in [-0.2, -0.15) is 0 Å². The van der Waals surface area contributed by atoms with Gasteiger partial charge in [0, 0.05) is 16.7 Å². The van der Waals surface area contributed by atoms with E-state index in [9.17, 15) is 9.59 Å². The molecule has 0 aliphatic carbocycles. The molecule has 0 spiro atoms. The van der Waals surface area contributed by atoms with Gasteiger partial charge in [-0.3, -0.25) is 14.2 Å². The zero-order valence-electron chi connectivity index (χ0n) is 17.6. The number of para-hydroxylation sites is 1. The quantitative estimate of drug-likeness (QED) is 0.433. The standard InChI is InChI=1S/C24H20N4O3S/c1-14-7-9-16(10-8-14)11-19-15(2)26-24(32-19)27-20(29)12-28-13-25-21-17-5-3-4-6-18(17)31-22(21)23(28)30/h3-10,13H,11-12H2,1-2H3,(H,26,27,29). The summed E-state index contributed by atoms with van der Waals surface area (Å²) in [5.41, 5.74) is 4.13. The maximum atomic E-state index is 12.8. The number of thiazole rings is 1. The second-order valence-corrected chi connectivity index (χ2v) is 8.78. The SMILES string of the molecule is Cc1ccc(Cc2sc(NC(=O)Cn3cnc4c(oc5ccccc54)c3=O)nc2C)cc1. The number of aromatic nitrogens is 3. The summed E-state index contributed by atoms with van der Waals surface area (Å²) in [5.74, 6) is -0.347. The lowest BCUT2D eigenvalue weighted by Gasteiger charge is -2.04. The molecular weight excluding hydrogens is 424 g/mol. The molecule has 0 atom stereocenters. The Hall–Kier alpha value is -3.78. The highest BCUT2D eigenvalue weighted by Crippen LogP contribution is 2.26. The van der Waals surface area contributed by atoms with Crippen molar-refractivity contribution in [3.8, 4) is 0 Å². The smallest absolute Gasteiger partial charge is 0.297 e. The van der Waals surface area contributed by atoms with Crippen molar-refractivity contribution in [3.63, 3.8) is 0 Å². The van der Waals surface area contributed by atoms with Crippen LogP contribution in [0.4, 0.5) is 5.13 Å². The zero-order valence-corrected chi connectivity index (χ0v) is 18.4. The van der Waals surface area contributed by atoms with Gasteiger partial charge in [-0.15, -0.1) is 11.3 Å². The molecule has 160 valence electrons. The molecule has 2 aromatic carbocycles. The molecule has 0 fully saturated rings. The van der Waals surface area contributed by atoms with Gasteiger partial charge < -0.3 is 9.73 Å². The summed E-state index contributed by atoms with van der Waals surface area (Å²) in [5, 5.41) is 4.09. The molecular formula is C24H20N4O3S. The lowest BCUT2D eigenvalue weighted by Crippen LogP contribution is -2.27. The number of nitrogens with one attached hydrogen (secondary N) is 1. The van der Waals surface area contributed by atoms with E-state index in [1.165, 1.54) is 33.4 Å². The van der Waals surface area contributed by atoms with Crippen LogP contribution in [0.2, 0.25) is 0 Å². The Bertz CT molecular complexity index is 1510. The first-order valence-electron chi connectivity index (χ1n) is 10.2. The Labute approximate surface area is 187 Å². The second kappa shape index (κ2) is 8.05. The lowest BCUT2D eigenvalue weighted by atomic mass is 10.1. The minimum Gasteiger partial charge on any atom is -0.448 e. The molecule has 1 N–H and O–H groups in total. The predicted molar refractivity (Wildman–Crippen MR) is 125 cm³/mol. The van der Waals surface area contributed by atoms with Crippen molar-refractivity contribution in [2.75, 3.05) is 5.32 Å². The molecule has 0 aliphatic rings. The van der Waals surface area contributed by atoms with Gasteiger partial charge in [0.1, 0.15) is 17.6 Å². The molecule has 0 bridgehead atoms. The average Bonchev–Trinajstić information content (AvgIpc) is 3.32. The molecule has 8 heteroatoms. The van der Waals surface area contributed by atoms with Gasteiger partial charge in [-0.05, 0) is 31.5 Å². The van der Waals surface area contributed by atoms with Crippen LogP contribution in [-0.2, 0) is 17.8 Å². The van der Waals surface area contributed by atoms with Gasteiger partial charge in [0.25, 0.3) is 5.56 Å². The number of amides is 1. The molecule has 0 saturated heterocycles. The number of benzene rings is 2. The highest BCUT2D eigenvalue weighted by molar-refractivity contribution is 7.15. The highest BCUT2D eigenvalue weighted by atomic mass is 32.1. The van der Waals surface area contributed by atoms with E-state index in [-0.39, 0.29) is 18.0 Å². The molecule has 5 rings (SSSR count). The van der Waals surface area contributed by atoms with Crippen molar-refractivity contribution >= 4 is 44.4 Å². The van der Waals surface area contributed by atoms with Gasteiger partial charge >= 0.3 is 0 Å². The molecule has 0 saturated carbocycles. The number of hydrogen-bond acceptors (Lipinski definition) is 6. The summed E-state index contributed by atoms with van der Waals surface area (Å²) in [6.45, 7) is 3.81. The summed E-state index contributed by atoms with van der Waals surface area (Å²) in [4.78, 5) is 35.3. The Morgan fingerprint density at radius 1 is 1.12 bits per heavy atom. The number of anilines is 1. The van der Waals surface area contributed by atoms with Crippen LogP contribution in [0.15, 0.2) is 64.1 Å². The lowest BCUT2D eigenvalue weighted by molar-refractivity contribution is -0.116. The number of fused-ring (bicyclic) bond motifs is 3. The van der Waals surface area contributed by atoms with Crippen LogP contribution in [-0.4, -0.2) is 20.4 Å². The van der Waals surface area contributed by atoms with E-state index in [1.807, 2.05) is 25.1 Å². The van der Waals surface area contributed by atoms with Crippen LogP contribution in [0.3, 0.4) is 0 Å². The number of furan rings is 1. The van der Waals surface area contributed by atoms with Crippen LogP contribution in [0.5, 0.6) is 0 Å². The first kappa shape index (κ1) is 20.1.